The van der Waals surface area contributed by atoms with Crippen LogP contribution in [0, 0.1) is 0 Å². The Labute approximate surface area is 137 Å². The Bertz CT molecular complexity index is 530. The van der Waals surface area contributed by atoms with Gasteiger partial charge >= 0.3 is 0 Å². The number of aliphatic imine (C=N–C) groups is 1. The molecule has 20 heavy (non-hydrogen) atoms. The summed E-state index contributed by atoms with van der Waals surface area (Å²) in [5.74, 6) is 0.578. The van der Waals surface area contributed by atoms with Gasteiger partial charge in [-0.05, 0) is 12.1 Å². The molecule has 0 aliphatic rings. The first-order valence-corrected chi connectivity index (χ1v) is 7.58. The molecule has 112 valence electrons. The first-order chi connectivity index (χ1) is 9.10. The molecule has 0 amide bonds. The molecule has 0 unspecified atom stereocenters. The number of rotatable bonds is 6. The third-order valence-electron chi connectivity index (χ3n) is 2.40. The standard InChI is InChI=1S/C13H19N3O2S.HI/c1-3-9-15-13(14-2)16-10-11-19(17,18)12-7-5-4-6-8-12;/h3-8H,1,9-11H2,2H3,(H2,14,15,16);1H. The minimum Gasteiger partial charge on any atom is -0.355 e. The number of hydrogen-bond acceptors (Lipinski definition) is 3. The summed E-state index contributed by atoms with van der Waals surface area (Å²) in [6, 6.07) is 8.41. The summed E-state index contributed by atoms with van der Waals surface area (Å²) in [6.07, 6.45) is 1.70. The molecule has 0 saturated heterocycles. The van der Waals surface area contributed by atoms with E-state index in [0.29, 0.717) is 23.9 Å². The molecule has 0 bridgehead atoms. The van der Waals surface area contributed by atoms with Gasteiger partial charge in [-0.3, -0.25) is 4.99 Å². The van der Waals surface area contributed by atoms with E-state index in [1.807, 2.05) is 0 Å². The van der Waals surface area contributed by atoms with Crippen LogP contribution in [0.4, 0.5) is 0 Å². The topological polar surface area (TPSA) is 70.6 Å². The molecule has 0 aliphatic carbocycles. The molecular formula is C13H20IN3O2S. The fourth-order valence-electron chi connectivity index (χ4n) is 1.44. The molecule has 1 rings (SSSR count). The first-order valence-electron chi connectivity index (χ1n) is 5.93. The number of halogens is 1. The summed E-state index contributed by atoms with van der Waals surface area (Å²) in [5.41, 5.74) is 0. The molecule has 0 aromatic heterocycles. The van der Waals surface area contributed by atoms with Crippen molar-refractivity contribution in [2.75, 3.05) is 25.9 Å². The van der Waals surface area contributed by atoms with Crippen molar-refractivity contribution in [3.63, 3.8) is 0 Å². The van der Waals surface area contributed by atoms with Gasteiger partial charge in [0.2, 0.25) is 0 Å². The van der Waals surface area contributed by atoms with E-state index >= 15 is 0 Å². The fourth-order valence-corrected chi connectivity index (χ4v) is 2.62. The lowest BCUT2D eigenvalue weighted by atomic mass is 10.4. The van der Waals surface area contributed by atoms with Crippen LogP contribution in [0.3, 0.4) is 0 Å². The maximum Gasteiger partial charge on any atom is 0.191 e. The van der Waals surface area contributed by atoms with E-state index in [2.05, 4.69) is 22.2 Å². The average molecular weight is 409 g/mol. The highest BCUT2D eigenvalue weighted by molar-refractivity contribution is 14.0. The number of hydrogen-bond donors (Lipinski definition) is 2. The molecule has 0 heterocycles. The van der Waals surface area contributed by atoms with Crippen molar-refractivity contribution in [1.82, 2.24) is 10.6 Å². The number of benzene rings is 1. The van der Waals surface area contributed by atoms with Crippen molar-refractivity contribution in [2.45, 2.75) is 4.90 Å². The minimum absolute atomic E-state index is 0. The summed E-state index contributed by atoms with van der Waals surface area (Å²) in [4.78, 5) is 4.31. The van der Waals surface area contributed by atoms with Gasteiger partial charge in [0.1, 0.15) is 0 Å². The Kier molecular flexibility index (Phi) is 9.23. The SMILES string of the molecule is C=CCNC(=NC)NCCS(=O)(=O)c1ccccc1.I. The van der Waals surface area contributed by atoms with Crippen molar-refractivity contribution in [2.24, 2.45) is 4.99 Å². The molecule has 0 radical (unpaired) electrons. The van der Waals surface area contributed by atoms with E-state index in [9.17, 15) is 8.42 Å². The number of nitrogens with one attached hydrogen (secondary N) is 2. The Morgan fingerprint density at radius 1 is 1.30 bits per heavy atom. The Morgan fingerprint density at radius 2 is 1.95 bits per heavy atom. The Balaban J connectivity index is 0.00000361. The molecule has 0 atom stereocenters. The molecule has 1 aromatic carbocycles. The van der Waals surface area contributed by atoms with Crippen molar-refractivity contribution in [3.05, 3.63) is 43.0 Å². The molecule has 0 aliphatic heterocycles. The van der Waals surface area contributed by atoms with Crippen LogP contribution >= 0.6 is 24.0 Å². The number of sulfone groups is 1. The number of nitrogens with zero attached hydrogens (tertiary/aromatic N) is 1. The van der Waals surface area contributed by atoms with Crippen LogP contribution in [0.5, 0.6) is 0 Å². The maximum atomic E-state index is 12.0. The molecule has 2 N–H and O–H groups in total. The summed E-state index contributed by atoms with van der Waals surface area (Å²) in [5, 5.41) is 5.91. The first kappa shape index (κ1) is 18.9. The highest BCUT2D eigenvalue weighted by Crippen LogP contribution is 2.08. The Hall–Kier alpha value is -1.09. The predicted molar refractivity (Wildman–Crippen MR) is 93.5 cm³/mol. The van der Waals surface area contributed by atoms with Gasteiger partial charge in [0.25, 0.3) is 0 Å². The molecule has 7 heteroatoms. The molecule has 0 spiro atoms. The largest absolute Gasteiger partial charge is 0.355 e. The normalized spacial score (nSPS) is 11.3. The van der Waals surface area contributed by atoms with Crippen LogP contribution in [-0.2, 0) is 9.84 Å². The van der Waals surface area contributed by atoms with Crippen LogP contribution in [0.15, 0.2) is 52.9 Å². The Morgan fingerprint density at radius 3 is 2.50 bits per heavy atom. The van der Waals surface area contributed by atoms with Gasteiger partial charge in [-0.15, -0.1) is 30.6 Å². The average Bonchev–Trinajstić information content (AvgIpc) is 2.43. The summed E-state index contributed by atoms with van der Waals surface area (Å²) in [7, 11) is -1.62. The zero-order chi connectivity index (χ0) is 14.1. The third-order valence-corrected chi connectivity index (χ3v) is 4.13. The van der Waals surface area contributed by atoms with E-state index < -0.39 is 9.84 Å². The quantitative estimate of drug-likeness (QED) is 0.323. The van der Waals surface area contributed by atoms with E-state index in [0.717, 1.165) is 0 Å². The monoisotopic (exact) mass is 409 g/mol. The lowest BCUT2D eigenvalue weighted by Crippen LogP contribution is -2.39. The molecule has 0 fully saturated rings. The zero-order valence-corrected chi connectivity index (χ0v) is 14.5. The van der Waals surface area contributed by atoms with Gasteiger partial charge < -0.3 is 10.6 Å². The van der Waals surface area contributed by atoms with Crippen molar-refractivity contribution in [3.8, 4) is 0 Å². The molecule has 0 saturated carbocycles. The van der Waals surface area contributed by atoms with Crippen LogP contribution in [0.25, 0.3) is 0 Å². The van der Waals surface area contributed by atoms with Gasteiger partial charge in [0.05, 0.1) is 10.6 Å². The maximum absolute atomic E-state index is 12.0. The van der Waals surface area contributed by atoms with Crippen LogP contribution in [0.2, 0.25) is 0 Å². The van der Waals surface area contributed by atoms with Crippen molar-refractivity contribution < 1.29 is 8.42 Å². The van der Waals surface area contributed by atoms with Gasteiger partial charge in [-0.1, -0.05) is 24.3 Å². The molecule has 5 nitrogen and oxygen atoms in total. The molecule has 1 aromatic rings. The minimum atomic E-state index is -3.25. The van der Waals surface area contributed by atoms with Gasteiger partial charge in [-0.25, -0.2) is 8.42 Å². The van der Waals surface area contributed by atoms with E-state index in [1.54, 1.807) is 43.5 Å². The second kappa shape index (κ2) is 9.76. The number of guanidine groups is 1. The van der Waals surface area contributed by atoms with Gasteiger partial charge in [-0.2, -0.15) is 0 Å². The lowest BCUT2D eigenvalue weighted by molar-refractivity contribution is 0.594. The van der Waals surface area contributed by atoms with E-state index in [1.165, 1.54) is 0 Å². The zero-order valence-electron chi connectivity index (χ0n) is 11.4. The summed E-state index contributed by atoms with van der Waals surface area (Å²) in [6.45, 7) is 4.46. The fraction of sp³-hybridized carbons (Fsp3) is 0.308. The predicted octanol–water partition coefficient (Wildman–Crippen LogP) is 1.43. The second-order valence-electron chi connectivity index (χ2n) is 3.80. The smallest absolute Gasteiger partial charge is 0.191 e. The van der Waals surface area contributed by atoms with Crippen LogP contribution < -0.4 is 10.6 Å². The lowest BCUT2D eigenvalue weighted by Gasteiger charge is -2.10. The summed E-state index contributed by atoms with van der Waals surface area (Å²) < 4.78 is 24.0. The van der Waals surface area contributed by atoms with E-state index in [-0.39, 0.29) is 29.7 Å². The third kappa shape index (κ3) is 6.38. The van der Waals surface area contributed by atoms with Gasteiger partial charge in [0, 0.05) is 20.1 Å². The second-order valence-corrected chi connectivity index (χ2v) is 5.91. The van der Waals surface area contributed by atoms with Crippen molar-refractivity contribution in [1.29, 1.82) is 0 Å². The van der Waals surface area contributed by atoms with Crippen LogP contribution in [-0.4, -0.2) is 40.3 Å². The highest BCUT2D eigenvalue weighted by atomic mass is 127. The molecular weight excluding hydrogens is 389 g/mol. The van der Waals surface area contributed by atoms with E-state index in [4.69, 9.17) is 0 Å². The van der Waals surface area contributed by atoms with Crippen LogP contribution in [0.1, 0.15) is 0 Å². The van der Waals surface area contributed by atoms with Crippen molar-refractivity contribution >= 4 is 39.8 Å². The summed E-state index contributed by atoms with van der Waals surface area (Å²) >= 11 is 0. The van der Waals surface area contributed by atoms with Gasteiger partial charge in [0.15, 0.2) is 15.8 Å². The highest BCUT2D eigenvalue weighted by Gasteiger charge is 2.13.